The first kappa shape index (κ1) is 20.8. The van der Waals surface area contributed by atoms with Crippen LogP contribution in [0.15, 0.2) is 17.0 Å². The molecule has 17 heavy (non-hydrogen) atoms. The zero-order valence-electron chi connectivity index (χ0n) is 9.13. The zero-order chi connectivity index (χ0) is 11.8. The van der Waals surface area contributed by atoms with Crippen LogP contribution in [0.1, 0.15) is 10.4 Å². The molecule has 0 spiro atoms. The second kappa shape index (κ2) is 7.92. The average molecular weight is 309 g/mol. The van der Waals surface area contributed by atoms with Gasteiger partial charge < -0.3 is 20.7 Å². The number of hydrogen-bond acceptors (Lipinski definition) is 6. The van der Waals surface area contributed by atoms with Crippen molar-refractivity contribution in [2.45, 2.75) is 4.90 Å². The molecule has 0 aliphatic rings. The van der Waals surface area contributed by atoms with Gasteiger partial charge in [-0.2, -0.15) is 8.42 Å². The molecule has 0 fully saturated rings. The molecule has 0 unspecified atom stereocenters. The molecule has 1 aromatic rings. The summed E-state index contributed by atoms with van der Waals surface area (Å²) in [7, 11) is -4.77. The molecule has 0 aliphatic heterocycles. The topological polar surface area (TPSA) is 144 Å². The molecule has 0 saturated carbocycles. The van der Waals surface area contributed by atoms with Crippen LogP contribution in [0.3, 0.4) is 0 Å². The van der Waals surface area contributed by atoms with E-state index >= 15 is 0 Å². The molecular weight excluding hydrogens is 304 g/mol. The number of hydrogen-bond donors (Lipinski definition) is 2. The predicted octanol–water partition coefficient (Wildman–Crippen LogP) is -8.04. The Labute approximate surface area is 182 Å². The summed E-state index contributed by atoms with van der Waals surface area (Å²) in [5.74, 6) is -3.29. The first-order valence-corrected chi connectivity index (χ1v) is 4.97. The van der Waals surface area contributed by atoms with Crippen molar-refractivity contribution in [1.82, 2.24) is 0 Å². The maximum Gasteiger partial charge on any atom is 1.00 e. The smallest absolute Gasteiger partial charge is 0.871 e. The van der Waals surface area contributed by atoms with Crippen LogP contribution in [0.2, 0.25) is 0 Å². The quantitative estimate of drug-likeness (QED) is 0.313. The fourth-order valence-corrected chi connectivity index (χ4v) is 1.57. The third-order valence-corrected chi connectivity index (χ3v) is 2.51. The Bertz CT molecular complexity index is 529. The van der Waals surface area contributed by atoms with Crippen molar-refractivity contribution in [3.8, 4) is 5.75 Å². The van der Waals surface area contributed by atoms with E-state index in [-0.39, 0.29) is 103 Å². The van der Waals surface area contributed by atoms with Gasteiger partial charge in [0.2, 0.25) is 0 Å². The van der Waals surface area contributed by atoms with Gasteiger partial charge in [-0.05, 0) is 12.1 Å². The molecule has 0 radical (unpaired) electrons. The molecule has 0 aliphatic carbocycles. The van der Waals surface area contributed by atoms with E-state index in [2.05, 4.69) is 0 Å². The minimum Gasteiger partial charge on any atom is -0.871 e. The Hall–Kier alpha value is 1.47. The Kier molecular flexibility index (Phi) is 9.68. The van der Waals surface area contributed by atoms with E-state index in [4.69, 9.17) is 10.3 Å². The van der Waals surface area contributed by atoms with Crippen LogP contribution in [-0.4, -0.2) is 18.9 Å². The molecule has 7 nitrogen and oxygen atoms in total. The number of aromatic carboxylic acids is 1. The number of carboxylic acid groups (broad SMARTS) is 1. The minimum atomic E-state index is -4.77. The van der Waals surface area contributed by atoms with E-state index in [0.29, 0.717) is 0 Å². The summed E-state index contributed by atoms with van der Waals surface area (Å²) in [6.07, 6.45) is 0. The van der Waals surface area contributed by atoms with Crippen molar-refractivity contribution in [3.05, 3.63) is 17.7 Å². The predicted molar refractivity (Wildman–Crippen MR) is 44.4 cm³/mol. The number of anilines is 1. The number of nitrogens with two attached hydrogens (primary N) is 1. The molecule has 0 atom stereocenters. The van der Waals surface area contributed by atoms with Crippen molar-refractivity contribution >= 4 is 21.8 Å². The summed E-state index contributed by atoms with van der Waals surface area (Å²) in [4.78, 5) is 9.41. The van der Waals surface area contributed by atoms with Crippen molar-refractivity contribution in [2.24, 2.45) is 0 Å². The summed E-state index contributed by atoms with van der Waals surface area (Å²) in [5, 5.41) is 21.7. The first-order valence-electron chi connectivity index (χ1n) is 3.53. The van der Waals surface area contributed by atoms with Gasteiger partial charge in [0.05, 0.1) is 10.9 Å². The van der Waals surface area contributed by atoms with Crippen LogP contribution < -0.4 is 119 Å². The largest absolute Gasteiger partial charge is 1.00 e. The van der Waals surface area contributed by atoms with Crippen molar-refractivity contribution in [3.63, 3.8) is 0 Å². The number of carbonyl (C=O) groups is 1. The fraction of sp³-hybridized carbons (Fsp3) is 0. The zero-order valence-corrected chi connectivity index (χ0v) is 16.2. The Morgan fingerprint density at radius 1 is 1.29 bits per heavy atom. The van der Waals surface area contributed by atoms with Gasteiger partial charge in [0, 0.05) is 11.3 Å². The van der Waals surface area contributed by atoms with Gasteiger partial charge in [-0.25, -0.2) is 0 Å². The molecule has 1 rings (SSSR count). The second-order valence-corrected chi connectivity index (χ2v) is 4.01. The Morgan fingerprint density at radius 3 is 2.12 bits per heavy atom. The molecule has 0 heterocycles. The van der Waals surface area contributed by atoms with Crippen LogP contribution in [-0.2, 0) is 10.1 Å². The van der Waals surface area contributed by atoms with Gasteiger partial charge >= 0.3 is 103 Å². The van der Waals surface area contributed by atoms with Crippen LogP contribution in [0.4, 0.5) is 5.69 Å². The summed E-state index contributed by atoms with van der Waals surface area (Å²) >= 11 is 0. The van der Waals surface area contributed by atoms with Gasteiger partial charge in [-0.3, -0.25) is 4.55 Å². The van der Waals surface area contributed by atoms with Gasteiger partial charge in [0.25, 0.3) is 10.1 Å². The van der Waals surface area contributed by atoms with Crippen molar-refractivity contribution < 1.29 is 131 Å². The number of carbonyl (C=O) groups excluding carboxylic acids is 1. The molecule has 1 aromatic carbocycles. The number of rotatable bonds is 2. The van der Waals surface area contributed by atoms with E-state index in [1.165, 1.54) is 0 Å². The van der Waals surface area contributed by atoms with Crippen LogP contribution in [0, 0.1) is 0 Å². The molecule has 10 heteroatoms. The molecule has 0 amide bonds. The van der Waals surface area contributed by atoms with Gasteiger partial charge in [0.15, 0.2) is 0 Å². The van der Waals surface area contributed by atoms with Gasteiger partial charge in [-0.15, -0.1) is 0 Å². The van der Waals surface area contributed by atoms with E-state index in [9.17, 15) is 23.4 Å². The second-order valence-electron chi connectivity index (χ2n) is 2.62. The van der Waals surface area contributed by atoms with E-state index in [0.717, 1.165) is 12.1 Å². The molecule has 3 N–H and O–H groups in total. The molecule has 0 bridgehead atoms. The Morgan fingerprint density at radius 2 is 1.76 bits per heavy atom. The van der Waals surface area contributed by atoms with E-state index in [1.807, 2.05) is 0 Å². The number of benzene rings is 1. The summed E-state index contributed by atoms with van der Waals surface area (Å²) in [6.45, 7) is 0. The van der Waals surface area contributed by atoms with Gasteiger partial charge in [-0.1, -0.05) is 5.75 Å². The molecule has 0 aromatic heterocycles. The average Bonchev–Trinajstić information content (AvgIpc) is 2.00. The van der Waals surface area contributed by atoms with Crippen LogP contribution in [0.5, 0.6) is 5.75 Å². The normalized spacial score (nSPS) is 9.94. The summed E-state index contributed by atoms with van der Waals surface area (Å²) < 4.78 is 29.9. The number of carboxylic acids is 1. The first-order chi connectivity index (χ1) is 6.75. The Balaban J connectivity index is 0. The molecule has 0 saturated heterocycles. The molecule has 82 valence electrons. The van der Waals surface area contributed by atoms with Crippen LogP contribution >= 0.6 is 0 Å². The van der Waals surface area contributed by atoms with Gasteiger partial charge in [0.1, 0.15) is 0 Å². The van der Waals surface area contributed by atoms with Crippen molar-refractivity contribution in [2.75, 3.05) is 5.73 Å². The SMILES string of the molecule is Nc1ccc(S(=O)(=O)O)c([O-])c1C(=O)[O-].[K+].[K+]. The monoisotopic (exact) mass is 309 g/mol. The van der Waals surface area contributed by atoms with E-state index < -0.39 is 38.0 Å². The third-order valence-electron chi connectivity index (χ3n) is 1.64. The van der Waals surface area contributed by atoms with E-state index in [1.54, 1.807) is 0 Å². The van der Waals surface area contributed by atoms with Crippen molar-refractivity contribution in [1.29, 1.82) is 0 Å². The fourth-order valence-electron chi connectivity index (χ4n) is 0.992. The van der Waals surface area contributed by atoms with Crippen LogP contribution in [0.25, 0.3) is 0 Å². The maximum absolute atomic E-state index is 11.2. The third kappa shape index (κ3) is 5.16. The minimum absolute atomic E-state index is 0. The molecular formula is C7H5K2NO6S. The summed E-state index contributed by atoms with van der Waals surface area (Å²) in [6, 6.07) is 1.61. The standard InChI is InChI=1S/C7H7NO6S.2K/c8-3-1-2-4(15(12,13)14)6(9)5(3)7(10)11;;/h1-2,9H,8H2,(H,10,11)(H,12,13,14);;/q;2*+1/p-2. The summed E-state index contributed by atoms with van der Waals surface area (Å²) in [5.41, 5.74) is 3.73. The maximum atomic E-state index is 11.2. The number of nitrogen functional groups attached to an aromatic ring is 1.